The van der Waals surface area contributed by atoms with Crippen molar-refractivity contribution < 1.29 is 8.78 Å². The largest absolute Gasteiger partial charge is 0.271 e. The highest BCUT2D eigenvalue weighted by atomic mass is 19.3. The summed E-state index contributed by atoms with van der Waals surface area (Å²) in [5.74, 6) is 4.01. The third-order valence-electron chi connectivity index (χ3n) is 4.37. The third kappa shape index (κ3) is 4.48. The SMILES string of the molecule is CC(C)Cc1cccc(C(NN)C2CCC(F)(F)CC2)c1. The van der Waals surface area contributed by atoms with E-state index in [0.717, 1.165) is 12.0 Å². The van der Waals surface area contributed by atoms with Gasteiger partial charge in [-0.15, -0.1) is 0 Å². The van der Waals surface area contributed by atoms with Crippen molar-refractivity contribution in [3.05, 3.63) is 35.4 Å². The van der Waals surface area contributed by atoms with Gasteiger partial charge < -0.3 is 0 Å². The molecule has 4 heteroatoms. The molecule has 0 heterocycles. The van der Waals surface area contributed by atoms with Crippen molar-refractivity contribution in [3.8, 4) is 0 Å². The lowest BCUT2D eigenvalue weighted by Crippen LogP contribution is -2.37. The van der Waals surface area contributed by atoms with Crippen molar-refractivity contribution >= 4 is 0 Å². The molecular weight excluding hydrogens is 270 g/mol. The van der Waals surface area contributed by atoms with Crippen LogP contribution in [0, 0.1) is 11.8 Å². The minimum atomic E-state index is -2.49. The van der Waals surface area contributed by atoms with Crippen LogP contribution in [0.25, 0.3) is 0 Å². The lowest BCUT2D eigenvalue weighted by molar-refractivity contribution is -0.0497. The zero-order chi connectivity index (χ0) is 15.5. The summed E-state index contributed by atoms with van der Waals surface area (Å²) in [7, 11) is 0. The van der Waals surface area contributed by atoms with Gasteiger partial charge in [-0.3, -0.25) is 11.3 Å². The average molecular weight is 296 g/mol. The van der Waals surface area contributed by atoms with Crippen LogP contribution in [-0.2, 0) is 6.42 Å². The number of rotatable bonds is 5. The molecule has 1 unspecified atom stereocenters. The van der Waals surface area contributed by atoms with E-state index in [2.05, 4.69) is 31.4 Å². The number of nitrogens with two attached hydrogens (primary N) is 1. The normalized spacial score (nSPS) is 20.7. The Morgan fingerprint density at radius 2 is 1.95 bits per heavy atom. The highest BCUT2D eigenvalue weighted by molar-refractivity contribution is 5.27. The molecule has 0 saturated heterocycles. The minimum Gasteiger partial charge on any atom is -0.271 e. The molecular formula is C17H26F2N2. The molecule has 1 aliphatic rings. The van der Waals surface area contributed by atoms with Gasteiger partial charge in [0.15, 0.2) is 0 Å². The van der Waals surface area contributed by atoms with Gasteiger partial charge in [0, 0.05) is 18.9 Å². The smallest absolute Gasteiger partial charge is 0.248 e. The van der Waals surface area contributed by atoms with E-state index in [1.807, 2.05) is 12.1 Å². The lowest BCUT2D eigenvalue weighted by Gasteiger charge is -2.33. The lowest BCUT2D eigenvalue weighted by atomic mass is 9.79. The topological polar surface area (TPSA) is 38.0 Å². The first kappa shape index (κ1) is 16.4. The summed E-state index contributed by atoms with van der Waals surface area (Å²) in [5.41, 5.74) is 5.25. The fourth-order valence-electron chi connectivity index (χ4n) is 3.29. The molecule has 0 spiro atoms. The van der Waals surface area contributed by atoms with Gasteiger partial charge in [-0.1, -0.05) is 38.1 Å². The van der Waals surface area contributed by atoms with Gasteiger partial charge in [0.05, 0.1) is 0 Å². The summed E-state index contributed by atoms with van der Waals surface area (Å²) >= 11 is 0. The number of hydrogen-bond donors (Lipinski definition) is 2. The molecule has 1 fully saturated rings. The van der Waals surface area contributed by atoms with E-state index in [-0.39, 0.29) is 24.8 Å². The first-order valence-corrected chi connectivity index (χ1v) is 7.84. The number of alkyl halides is 2. The summed E-state index contributed by atoms with van der Waals surface area (Å²) in [5, 5.41) is 0. The van der Waals surface area contributed by atoms with Gasteiger partial charge in [0.25, 0.3) is 0 Å². The average Bonchev–Trinajstić information content (AvgIpc) is 2.41. The van der Waals surface area contributed by atoms with Crippen molar-refractivity contribution in [2.45, 2.75) is 57.9 Å². The van der Waals surface area contributed by atoms with Gasteiger partial charge in [0.1, 0.15) is 0 Å². The van der Waals surface area contributed by atoms with E-state index < -0.39 is 5.92 Å². The van der Waals surface area contributed by atoms with Crippen LogP contribution in [0.15, 0.2) is 24.3 Å². The highest BCUT2D eigenvalue weighted by Crippen LogP contribution is 2.41. The molecule has 0 aliphatic heterocycles. The molecule has 118 valence electrons. The summed E-state index contributed by atoms with van der Waals surface area (Å²) in [6.45, 7) is 4.38. The Labute approximate surface area is 126 Å². The summed E-state index contributed by atoms with van der Waals surface area (Å²) in [4.78, 5) is 0. The molecule has 0 aromatic heterocycles. The predicted molar refractivity (Wildman–Crippen MR) is 82.0 cm³/mol. The van der Waals surface area contributed by atoms with Gasteiger partial charge in [-0.05, 0) is 42.2 Å². The molecule has 2 rings (SSSR count). The van der Waals surface area contributed by atoms with Crippen LogP contribution in [0.1, 0.15) is 56.7 Å². The Hall–Kier alpha value is -1.00. The third-order valence-corrected chi connectivity index (χ3v) is 4.37. The Kier molecular flexibility index (Phi) is 5.33. The molecule has 21 heavy (non-hydrogen) atoms. The summed E-state index contributed by atoms with van der Waals surface area (Å²) in [6.07, 6.45) is 2.02. The number of hydrazine groups is 1. The molecule has 0 amide bonds. The first-order valence-electron chi connectivity index (χ1n) is 7.84. The second kappa shape index (κ2) is 6.84. The molecule has 1 atom stereocenters. The Morgan fingerprint density at radius 3 is 2.52 bits per heavy atom. The molecule has 1 aliphatic carbocycles. The minimum absolute atomic E-state index is 0.0263. The van der Waals surface area contributed by atoms with Crippen LogP contribution in [-0.4, -0.2) is 5.92 Å². The highest BCUT2D eigenvalue weighted by Gasteiger charge is 2.37. The molecule has 0 radical (unpaired) electrons. The van der Waals surface area contributed by atoms with E-state index in [9.17, 15) is 8.78 Å². The van der Waals surface area contributed by atoms with Gasteiger partial charge in [-0.2, -0.15) is 0 Å². The van der Waals surface area contributed by atoms with Crippen LogP contribution >= 0.6 is 0 Å². The monoisotopic (exact) mass is 296 g/mol. The Bertz CT molecular complexity index is 450. The van der Waals surface area contributed by atoms with E-state index in [1.165, 1.54) is 5.56 Å². The Balaban J connectivity index is 2.10. The maximum absolute atomic E-state index is 13.3. The van der Waals surface area contributed by atoms with Crippen molar-refractivity contribution in [1.82, 2.24) is 5.43 Å². The zero-order valence-corrected chi connectivity index (χ0v) is 12.9. The maximum Gasteiger partial charge on any atom is 0.248 e. The quantitative estimate of drug-likeness (QED) is 0.631. The summed E-state index contributed by atoms with van der Waals surface area (Å²) < 4.78 is 26.6. The predicted octanol–water partition coefficient (Wildman–Crippen LogP) is 4.22. The maximum atomic E-state index is 13.3. The fraction of sp³-hybridized carbons (Fsp3) is 0.647. The van der Waals surface area contributed by atoms with Gasteiger partial charge in [0.2, 0.25) is 5.92 Å². The van der Waals surface area contributed by atoms with Crippen molar-refractivity contribution in [2.24, 2.45) is 17.7 Å². The summed E-state index contributed by atoms with van der Waals surface area (Å²) in [6, 6.07) is 8.33. The number of halogens is 2. The van der Waals surface area contributed by atoms with Crippen molar-refractivity contribution in [3.63, 3.8) is 0 Å². The number of benzene rings is 1. The zero-order valence-electron chi connectivity index (χ0n) is 12.9. The van der Waals surface area contributed by atoms with Crippen molar-refractivity contribution in [2.75, 3.05) is 0 Å². The first-order chi connectivity index (χ1) is 9.91. The number of nitrogens with one attached hydrogen (secondary N) is 1. The molecule has 3 N–H and O–H groups in total. The van der Waals surface area contributed by atoms with Crippen LogP contribution in [0.3, 0.4) is 0 Å². The van der Waals surface area contributed by atoms with E-state index in [1.54, 1.807) is 0 Å². The van der Waals surface area contributed by atoms with E-state index in [4.69, 9.17) is 5.84 Å². The second-order valence-corrected chi connectivity index (χ2v) is 6.68. The molecule has 1 saturated carbocycles. The van der Waals surface area contributed by atoms with Crippen LogP contribution < -0.4 is 11.3 Å². The van der Waals surface area contributed by atoms with Crippen LogP contribution in [0.4, 0.5) is 8.78 Å². The van der Waals surface area contributed by atoms with Gasteiger partial charge in [-0.25, -0.2) is 8.78 Å². The van der Waals surface area contributed by atoms with E-state index >= 15 is 0 Å². The standard InChI is InChI=1S/C17H26F2N2/c1-12(2)10-13-4-3-5-15(11-13)16(21-20)14-6-8-17(18,19)9-7-14/h3-5,11-12,14,16,21H,6-10,20H2,1-2H3. The number of hydrogen-bond acceptors (Lipinski definition) is 2. The van der Waals surface area contributed by atoms with E-state index in [0.29, 0.717) is 18.8 Å². The van der Waals surface area contributed by atoms with Crippen molar-refractivity contribution in [1.29, 1.82) is 0 Å². The second-order valence-electron chi connectivity index (χ2n) is 6.68. The van der Waals surface area contributed by atoms with Gasteiger partial charge >= 0.3 is 0 Å². The Morgan fingerprint density at radius 1 is 1.29 bits per heavy atom. The van der Waals surface area contributed by atoms with Crippen LogP contribution in [0.5, 0.6) is 0 Å². The molecule has 1 aromatic carbocycles. The molecule has 0 bridgehead atoms. The van der Waals surface area contributed by atoms with Crippen LogP contribution in [0.2, 0.25) is 0 Å². The fourth-order valence-corrected chi connectivity index (χ4v) is 3.29. The molecule has 1 aromatic rings. The molecule has 2 nitrogen and oxygen atoms in total.